The van der Waals surface area contributed by atoms with E-state index < -0.39 is 5.78 Å². The van der Waals surface area contributed by atoms with Gasteiger partial charge in [-0.3, -0.25) is 4.79 Å². The van der Waals surface area contributed by atoms with Crippen LogP contribution in [0.2, 0.25) is 0 Å². The number of carbonyl (C=O) groups excluding carboxylic acids is 1. The first kappa shape index (κ1) is 17.2. The number of carbonyl (C=O) groups is 1. The van der Waals surface area contributed by atoms with Gasteiger partial charge < -0.3 is 24.4 Å². The molecule has 2 aromatic carbocycles. The van der Waals surface area contributed by atoms with Gasteiger partial charge in [0.15, 0.2) is 17.3 Å². The van der Waals surface area contributed by atoms with E-state index >= 15 is 0 Å². The summed E-state index contributed by atoms with van der Waals surface area (Å²) in [6.45, 7) is 0. The van der Waals surface area contributed by atoms with Crippen molar-refractivity contribution in [3.63, 3.8) is 0 Å². The second-order valence-electron chi connectivity index (χ2n) is 4.82. The van der Waals surface area contributed by atoms with Crippen LogP contribution >= 0.6 is 0 Å². The van der Waals surface area contributed by atoms with E-state index in [1.165, 1.54) is 39.5 Å². The Kier molecular flexibility index (Phi) is 5.31. The van der Waals surface area contributed by atoms with Crippen molar-refractivity contribution in [1.82, 2.24) is 0 Å². The highest BCUT2D eigenvalue weighted by molar-refractivity contribution is 6.08. The largest absolute Gasteiger partial charge is 0.508 e. The van der Waals surface area contributed by atoms with Gasteiger partial charge in [-0.05, 0) is 36.4 Å². The molecule has 24 heavy (non-hydrogen) atoms. The molecule has 0 saturated heterocycles. The van der Waals surface area contributed by atoms with E-state index in [9.17, 15) is 15.0 Å². The Morgan fingerprint density at radius 1 is 0.958 bits per heavy atom. The lowest BCUT2D eigenvalue weighted by Crippen LogP contribution is -1.98. The first-order valence-corrected chi connectivity index (χ1v) is 7.05. The molecule has 2 N–H and O–H groups in total. The lowest BCUT2D eigenvalue weighted by Gasteiger charge is -2.13. The molecule has 6 heteroatoms. The van der Waals surface area contributed by atoms with Crippen molar-refractivity contribution in [2.24, 2.45) is 0 Å². The molecule has 0 unspecified atom stereocenters. The summed E-state index contributed by atoms with van der Waals surface area (Å²) < 4.78 is 15.8. The van der Waals surface area contributed by atoms with Crippen molar-refractivity contribution in [2.75, 3.05) is 21.3 Å². The minimum Gasteiger partial charge on any atom is -0.508 e. The highest BCUT2D eigenvalue weighted by Crippen LogP contribution is 2.40. The molecule has 0 aliphatic carbocycles. The van der Waals surface area contributed by atoms with Crippen LogP contribution in [0.1, 0.15) is 15.9 Å². The predicted octanol–water partition coefficient (Wildman–Crippen LogP) is 3.02. The molecule has 0 atom stereocenters. The van der Waals surface area contributed by atoms with E-state index in [2.05, 4.69) is 0 Å². The van der Waals surface area contributed by atoms with Gasteiger partial charge in [0.25, 0.3) is 0 Å². The van der Waals surface area contributed by atoms with Crippen molar-refractivity contribution in [2.45, 2.75) is 0 Å². The van der Waals surface area contributed by atoms with E-state index in [0.717, 1.165) is 6.07 Å². The Balaban J connectivity index is 2.36. The summed E-state index contributed by atoms with van der Waals surface area (Å²) in [4.78, 5) is 12.2. The predicted molar refractivity (Wildman–Crippen MR) is 89.2 cm³/mol. The molecule has 2 aromatic rings. The smallest absolute Gasteiger partial charge is 0.203 e. The van der Waals surface area contributed by atoms with E-state index in [1.54, 1.807) is 18.2 Å². The normalized spacial score (nSPS) is 10.6. The Morgan fingerprint density at radius 2 is 1.67 bits per heavy atom. The minimum atomic E-state index is -0.413. The summed E-state index contributed by atoms with van der Waals surface area (Å²) in [7, 11) is 4.50. The van der Waals surface area contributed by atoms with Crippen LogP contribution in [0.15, 0.2) is 36.4 Å². The van der Waals surface area contributed by atoms with Crippen molar-refractivity contribution < 1.29 is 29.2 Å². The van der Waals surface area contributed by atoms with Gasteiger partial charge in [0.2, 0.25) is 5.75 Å². The van der Waals surface area contributed by atoms with Gasteiger partial charge in [-0.25, -0.2) is 0 Å². The Bertz CT molecular complexity index is 779. The van der Waals surface area contributed by atoms with E-state index in [1.807, 2.05) is 0 Å². The van der Waals surface area contributed by atoms with Crippen molar-refractivity contribution in [1.29, 1.82) is 0 Å². The number of phenolic OH excluding ortho intramolecular Hbond substituents is 2. The van der Waals surface area contributed by atoms with Gasteiger partial charge in [0, 0.05) is 11.6 Å². The monoisotopic (exact) mass is 330 g/mol. The fourth-order valence-electron chi connectivity index (χ4n) is 2.24. The summed E-state index contributed by atoms with van der Waals surface area (Å²) in [6, 6.07) is 7.21. The average Bonchev–Trinajstić information content (AvgIpc) is 2.58. The van der Waals surface area contributed by atoms with E-state index in [0.29, 0.717) is 22.8 Å². The Morgan fingerprint density at radius 3 is 2.25 bits per heavy atom. The number of hydrogen-bond donors (Lipinski definition) is 2. The first-order valence-electron chi connectivity index (χ1n) is 7.05. The zero-order valence-corrected chi connectivity index (χ0v) is 13.6. The number of ether oxygens (including phenoxy) is 3. The second-order valence-corrected chi connectivity index (χ2v) is 4.82. The molecule has 6 nitrogen and oxygen atoms in total. The molecule has 0 heterocycles. The number of phenols is 2. The van der Waals surface area contributed by atoms with Crippen molar-refractivity contribution in [3.05, 3.63) is 47.5 Å². The number of hydrogen-bond acceptors (Lipinski definition) is 6. The highest BCUT2D eigenvalue weighted by Gasteiger charge is 2.15. The molecule has 0 bridgehead atoms. The van der Waals surface area contributed by atoms with Gasteiger partial charge in [0.1, 0.15) is 11.5 Å². The second kappa shape index (κ2) is 7.41. The third kappa shape index (κ3) is 3.43. The number of benzene rings is 2. The topological polar surface area (TPSA) is 85.2 Å². The van der Waals surface area contributed by atoms with Gasteiger partial charge in [-0.15, -0.1) is 0 Å². The maximum atomic E-state index is 12.2. The zero-order chi connectivity index (χ0) is 17.7. The summed E-state index contributed by atoms with van der Waals surface area (Å²) in [6.07, 6.45) is 2.85. The van der Waals surface area contributed by atoms with Crippen LogP contribution < -0.4 is 14.2 Å². The van der Waals surface area contributed by atoms with Crippen LogP contribution in [0.3, 0.4) is 0 Å². The molecule has 0 aromatic heterocycles. The quantitative estimate of drug-likeness (QED) is 0.625. The summed E-state index contributed by atoms with van der Waals surface area (Å²) in [5.41, 5.74) is 0.699. The standard InChI is InChI=1S/C18H18O6/c1-22-16-9-5-11(17(23-2)18(16)24-3)4-8-14(20)13-7-6-12(19)10-15(13)21/h4-10,19,21H,1-3H3/b8-4+. The minimum absolute atomic E-state index is 0.0866. The molecule has 0 aliphatic rings. The van der Waals surface area contributed by atoms with Crippen LogP contribution in [0.25, 0.3) is 6.08 Å². The molecular weight excluding hydrogens is 312 g/mol. The number of ketones is 1. The number of rotatable bonds is 6. The van der Waals surface area contributed by atoms with Crippen LogP contribution in [0.5, 0.6) is 28.7 Å². The highest BCUT2D eigenvalue weighted by atomic mass is 16.5. The van der Waals surface area contributed by atoms with Crippen LogP contribution in [0.4, 0.5) is 0 Å². The van der Waals surface area contributed by atoms with Gasteiger partial charge in [-0.2, -0.15) is 0 Å². The molecular formula is C18H18O6. The van der Waals surface area contributed by atoms with Gasteiger partial charge >= 0.3 is 0 Å². The molecule has 0 spiro atoms. The van der Waals surface area contributed by atoms with Crippen LogP contribution in [-0.2, 0) is 0 Å². The average molecular weight is 330 g/mol. The van der Waals surface area contributed by atoms with E-state index in [-0.39, 0.29) is 17.1 Å². The molecule has 0 amide bonds. The van der Waals surface area contributed by atoms with Gasteiger partial charge in [0.05, 0.1) is 26.9 Å². The molecule has 0 aliphatic heterocycles. The maximum absolute atomic E-state index is 12.2. The molecule has 0 saturated carbocycles. The molecule has 0 radical (unpaired) electrons. The fourth-order valence-corrected chi connectivity index (χ4v) is 2.24. The molecule has 2 rings (SSSR count). The van der Waals surface area contributed by atoms with Crippen molar-refractivity contribution in [3.8, 4) is 28.7 Å². The Labute approximate surface area is 139 Å². The lowest BCUT2D eigenvalue weighted by molar-refractivity contribution is 0.104. The number of allylic oxidation sites excluding steroid dienone is 1. The molecule has 126 valence electrons. The van der Waals surface area contributed by atoms with Crippen LogP contribution in [-0.4, -0.2) is 37.3 Å². The third-order valence-electron chi connectivity index (χ3n) is 3.40. The van der Waals surface area contributed by atoms with Gasteiger partial charge in [-0.1, -0.05) is 0 Å². The summed E-state index contributed by atoms with van der Waals surface area (Å²) >= 11 is 0. The zero-order valence-electron chi connectivity index (χ0n) is 13.6. The van der Waals surface area contributed by atoms with Crippen LogP contribution in [0, 0.1) is 0 Å². The SMILES string of the molecule is COc1ccc(/C=C/C(=O)c2ccc(O)cc2O)c(OC)c1OC. The Hall–Kier alpha value is -3.15. The first-order chi connectivity index (χ1) is 11.5. The van der Waals surface area contributed by atoms with Crippen molar-refractivity contribution >= 4 is 11.9 Å². The van der Waals surface area contributed by atoms with E-state index in [4.69, 9.17) is 14.2 Å². The maximum Gasteiger partial charge on any atom is 0.203 e. The number of aromatic hydroxyl groups is 2. The molecule has 0 fully saturated rings. The number of methoxy groups -OCH3 is 3. The summed E-state index contributed by atoms with van der Waals surface area (Å²) in [5, 5.41) is 19.0. The lowest BCUT2D eigenvalue weighted by atomic mass is 10.1. The fraction of sp³-hybridized carbons (Fsp3) is 0.167. The third-order valence-corrected chi connectivity index (χ3v) is 3.40. The summed E-state index contributed by atoms with van der Waals surface area (Å²) in [5.74, 6) is 0.537.